The number of nitrogens with zero attached hydrogens (tertiary/aromatic N) is 3. The molecule has 2 heterocycles. The highest BCUT2D eigenvalue weighted by atomic mass is 16.1. The lowest BCUT2D eigenvalue weighted by Gasteiger charge is -2.22. The first-order valence-corrected chi connectivity index (χ1v) is 9.86. The van der Waals surface area contributed by atoms with Crippen LogP contribution in [0.25, 0.3) is 0 Å². The van der Waals surface area contributed by atoms with Crippen molar-refractivity contribution >= 4 is 23.0 Å². The number of amides is 1. The van der Waals surface area contributed by atoms with Crippen LogP contribution in [0.4, 0.5) is 17.1 Å². The van der Waals surface area contributed by atoms with Gasteiger partial charge in [0, 0.05) is 55.3 Å². The standard InChI is InChI=1S/C23H27N5O/c1-4-28(5-2)20-6-7-21(17(3)14-20)27-19-10-13-25-22(15-19)23(29)26-16-18-8-11-24-12-9-18/h6-15H,4-5,16H2,1-3H3,(H,25,27)(H,26,29). The summed E-state index contributed by atoms with van der Waals surface area (Å²) in [5.41, 5.74) is 5.56. The molecule has 0 atom stereocenters. The highest BCUT2D eigenvalue weighted by Crippen LogP contribution is 2.25. The molecule has 0 bridgehead atoms. The van der Waals surface area contributed by atoms with E-state index in [1.54, 1.807) is 24.7 Å². The Hall–Kier alpha value is -3.41. The van der Waals surface area contributed by atoms with Gasteiger partial charge in [-0.25, -0.2) is 0 Å². The van der Waals surface area contributed by atoms with Crippen LogP contribution in [-0.2, 0) is 6.54 Å². The zero-order valence-corrected chi connectivity index (χ0v) is 17.1. The summed E-state index contributed by atoms with van der Waals surface area (Å²) in [4.78, 5) is 22.9. The van der Waals surface area contributed by atoms with Crippen molar-refractivity contribution in [2.75, 3.05) is 23.3 Å². The van der Waals surface area contributed by atoms with Gasteiger partial charge in [-0.1, -0.05) is 0 Å². The lowest BCUT2D eigenvalue weighted by Crippen LogP contribution is -2.23. The highest BCUT2D eigenvalue weighted by molar-refractivity contribution is 5.93. The molecule has 0 unspecified atom stereocenters. The molecule has 0 saturated carbocycles. The molecular formula is C23H27N5O. The minimum Gasteiger partial charge on any atom is -0.372 e. The molecule has 0 aliphatic carbocycles. The number of hydrogen-bond donors (Lipinski definition) is 2. The Balaban J connectivity index is 1.68. The van der Waals surface area contributed by atoms with E-state index in [4.69, 9.17) is 0 Å². The van der Waals surface area contributed by atoms with Gasteiger partial charge in [0.2, 0.25) is 0 Å². The van der Waals surface area contributed by atoms with E-state index >= 15 is 0 Å². The van der Waals surface area contributed by atoms with E-state index in [1.165, 1.54) is 5.69 Å². The van der Waals surface area contributed by atoms with E-state index in [0.29, 0.717) is 12.2 Å². The molecule has 2 N–H and O–H groups in total. The van der Waals surface area contributed by atoms with Crippen LogP contribution in [0.2, 0.25) is 0 Å². The zero-order chi connectivity index (χ0) is 20.6. The van der Waals surface area contributed by atoms with Crippen LogP contribution >= 0.6 is 0 Å². The number of aryl methyl sites for hydroxylation is 1. The summed E-state index contributed by atoms with van der Waals surface area (Å²) in [5, 5.41) is 6.28. The van der Waals surface area contributed by atoms with Crippen molar-refractivity contribution in [2.24, 2.45) is 0 Å². The van der Waals surface area contributed by atoms with E-state index in [9.17, 15) is 4.79 Å². The average molecular weight is 390 g/mol. The summed E-state index contributed by atoms with van der Waals surface area (Å²) in [6, 6.07) is 13.7. The lowest BCUT2D eigenvalue weighted by molar-refractivity contribution is 0.0946. The largest absolute Gasteiger partial charge is 0.372 e. The monoisotopic (exact) mass is 389 g/mol. The Labute approximate surface area is 172 Å². The molecule has 6 nitrogen and oxygen atoms in total. The SMILES string of the molecule is CCN(CC)c1ccc(Nc2ccnc(C(=O)NCc3ccncc3)c2)c(C)c1. The van der Waals surface area contributed by atoms with Crippen molar-refractivity contribution in [3.63, 3.8) is 0 Å². The normalized spacial score (nSPS) is 10.4. The molecule has 6 heteroatoms. The van der Waals surface area contributed by atoms with Crippen LogP contribution in [0.3, 0.4) is 0 Å². The molecule has 0 aliphatic rings. The first kappa shape index (κ1) is 20.3. The van der Waals surface area contributed by atoms with E-state index in [-0.39, 0.29) is 5.91 Å². The molecule has 1 aromatic carbocycles. The maximum absolute atomic E-state index is 12.5. The van der Waals surface area contributed by atoms with Crippen molar-refractivity contribution in [1.82, 2.24) is 15.3 Å². The zero-order valence-electron chi connectivity index (χ0n) is 17.1. The molecule has 29 heavy (non-hydrogen) atoms. The van der Waals surface area contributed by atoms with Gasteiger partial charge < -0.3 is 15.5 Å². The molecule has 0 saturated heterocycles. The number of pyridine rings is 2. The number of rotatable bonds is 8. The first-order chi connectivity index (χ1) is 14.1. The molecule has 3 rings (SSSR count). The Morgan fingerprint density at radius 1 is 1.00 bits per heavy atom. The molecule has 0 aliphatic heterocycles. The van der Waals surface area contributed by atoms with Crippen molar-refractivity contribution in [3.05, 3.63) is 77.9 Å². The summed E-state index contributed by atoms with van der Waals surface area (Å²) < 4.78 is 0. The van der Waals surface area contributed by atoms with E-state index in [1.807, 2.05) is 18.2 Å². The second-order valence-corrected chi connectivity index (χ2v) is 6.76. The van der Waals surface area contributed by atoms with Gasteiger partial charge in [-0.05, 0) is 74.4 Å². The van der Waals surface area contributed by atoms with Gasteiger partial charge in [-0.2, -0.15) is 0 Å². The lowest BCUT2D eigenvalue weighted by atomic mass is 10.1. The van der Waals surface area contributed by atoms with Crippen LogP contribution in [0.1, 0.15) is 35.5 Å². The molecule has 0 radical (unpaired) electrons. The van der Waals surface area contributed by atoms with Crippen molar-refractivity contribution in [2.45, 2.75) is 27.3 Å². The second kappa shape index (κ2) is 9.68. The molecular weight excluding hydrogens is 362 g/mol. The Morgan fingerprint density at radius 3 is 2.45 bits per heavy atom. The number of carbonyl (C=O) groups is 1. The highest BCUT2D eigenvalue weighted by Gasteiger charge is 2.09. The van der Waals surface area contributed by atoms with Gasteiger partial charge in [0.15, 0.2) is 0 Å². The van der Waals surface area contributed by atoms with Crippen LogP contribution in [-0.4, -0.2) is 29.0 Å². The van der Waals surface area contributed by atoms with Crippen molar-refractivity contribution in [1.29, 1.82) is 0 Å². The third kappa shape index (κ3) is 5.31. The van der Waals surface area contributed by atoms with E-state index < -0.39 is 0 Å². The molecule has 2 aromatic heterocycles. The van der Waals surface area contributed by atoms with E-state index in [0.717, 1.165) is 35.6 Å². The van der Waals surface area contributed by atoms with Crippen molar-refractivity contribution in [3.8, 4) is 0 Å². The molecule has 0 spiro atoms. The minimum atomic E-state index is -0.209. The maximum Gasteiger partial charge on any atom is 0.270 e. The number of anilines is 3. The maximum atomic E-state index is 12.5. The van der Waals surface area contributed by atoms with Gasteiger partial charge >= 0.3 is 0 Å². The smallest absolute Gasteiger partial charge is 0.270 e. The fourth-order valence-electron chi connectivity index (χ4n) is 3.14. The number of benzene rings is 1. The number of aromatic nitrogens is 2. The van der Waals surface area contributed by atoms with Gasteiger partial charge in [-0.15, -0.1) is 0 Å². The fourth-order valence-corrected chi connectivity index (χ4v) is 3.14. The number of carbonyl (C=O) groups excluding carboxylic acids is 1. The third-order valence-corrected chi connectivity index (χ3v) is 4.81. The predicted molar refractivity (Wildman–Crippen MR) is 118 cm³/mol. The van der Waals surface area contributed by atoms with Gasteiger partial charge in [-0.3, -0.25) is 14.8 Å². The Bertz CT molecular complexity index is 954. The Morgan fingerprint density at radius 2 is 1.76 bits per heavy atom. The third-order valence-electron chi connectivity index (χ3n) is 4.81. The molecule has 1 amide bonds. The summed E-state index contributed by atoms with van der Waals surface area (Å²) in [6.07, 6.45) is 5.06. The van der Waals surface area contributed by atoms with Crippen LogP contribution < -0.4 is 15.5 Å². The first-order valence-electron chi connectivity index (χ1n) is 9.86. The van der Waals surface area contributed by atoms with Gasteiger partial charge in [0.25, 0.3) is 5.91 Å². The van der Waals surface area contributed by atoms with Crippen LogP contribution in [0.15, 0.2) is 61.1 Å². The minimum absolute atomic E-state index is 0.209. The summed E-state index contributed by atoms with van der Waals surface area (Å²) in [6.45, 7) is 8.79. The van der Waals surface area contributed by atoms with Crippen LogP contribution in [0.5, 0.6) is 0 Å². The summed E-state index contributed by atoms with van der Waals surface area (Å²) >= 11 is 0. The van der Waals surface area contributed by atoms with Gasteiger partial charge in [0.05, 0.1) is 0 Å². The summed E-state index contributed by atoms with van der Waals surface area (Å²) in [5.74, 6) is -0.209. The topological polar surface area (TPSA) is 70.2 Å². The Kier molecular flexibility index (Phi) is 6.79. The molecule has 150 valence electrons. The van der Waals surface area contributed by atoms with E-state index in [2.05, 4.69) is 64.5 Å². The van der Waals surface area contributed by atoms with Crippen molar-refractivity contribution < 1.29 is 4.79 Å². The molecule has 0 fully saturated rings. The second-order valence-electron chi connectivity index (χ2n) is 6.76. The summed E-state index contributed by atoms with van der Waals surface area (Å²) in [7, 11) is 0. The number of nitrogens with one attached hydrogen (secondary N) is 2. The molecule has 3 aromatic rings. The van der Waals surface area contributed by atoms with Gasteiger partial charge in [0.1, 0.15) is 5.69 Å². The predicted octanol–water partition coefficient (Wildman–Crippen LogP) is 4.30. The van der Waals surface area contributed by atoms with Crippen LogP contribution in [0, 0.1) is 6.92 Å². The average Bonchev–Trinajstić information content (AvgIpc) is 2.75. The fraction of sp³-hybridized carbons (Fsp3) is 0.261. The quantitative estimate of drug-likeness (QED) is 0.601. The number of hydrogen-bond acceptors (Lipinski definition) is 5.